The van der Waals surface area contributed by atoms with E-state index in [2.05, 4.69) is 5.32 Å². The molecule has 0 bridgehead atoms. The average molecular weight is 307 g/mol. The van der Waals surface area contributed by atoms with Crippen LogP contribution < -0.4 is 11.1 Å². The van der Waals surface area contributed by atoms with Gasteiger partial charge in [-0.3, -0.25) is 9.69 Å². The summed E-state index contributed by atoms with van der Waals surface area (Å²) in [5, 5.41) is 2.33. The Bertz CT molecular complexity index is 343. The predicted molar refractivity (Wildman–Crippen MR) is 77.2 cm³/mol. The monoisotopic (exact) mass is 307 g/mol. The molecule has 1 aliphatic heterocycles. The van der Waals surface area contributed by atoms with Gasteiger partial charge in [-0.25, -0.2) is 8.78 Å². The standard InChI is InChI=1S/C14H27F2N3O2/c1-9(2)12(13(20)18-8-14(15,16)7-17)19-5-10(3)21-11(4)6-19/h9-12H,5-8,17H2,1-4H3,(H,18,20). The van der Waals surface area contributed by atoms with Crippen molar-refractivity contribution >= 4 is 5.91 Å². The second-order valence-electron chi connectivity index (χ2n) is 6.18. The fourth-order valence-corrected chi connectivity index (χ4v) is 2.73. The van der Waals surface area contributed by atoms with E-state index in [1.807, 2.05) is 32.6 Å². The van der Waals surface area contributed by atoms with Crippen molar-refractivity contribution in [2.45, 2.75) is 51.9 Å². The third kappa shape index (κ3) is 5.48. The van der Waals surface area contributed by atoms with Crippen LogP contribution >= 0.6 is 0 Å². The van der Waals surface area contributed by atoms with E-state index >= 15 is 0 Å². The highest BCUT2D eigenvalue weighted by molar-refractivity contribution is 5.82. The van der Waals surface area contributed by atoms with E-state index in [1.165, 1.54) is 0 Å². The highest BCUT2D eigenvalue weighted by atomic mass is 19.3. The molecule has 124 valence electrons. The Hall–Kier alpha value is -0.790. The lowest BCUT2D eigenvalue weighted by molar-refractivity contribution is -0.137. The van der Waals surface area contributed by atoms with Gasteiger partial charge < -0.3 is 15.8 Å². The van der Waals surface area contributed by atoms with Crippen LogP contribution in [0.1, 0.15) is 27.7 Å². The van der Waals surface area contributed by atoms with Gasteiger partial charge in [0.2, 0.25) is 5.91 Å². The van der Waals surface area contributed by atoms with E-state index in [9.17, 15) is 13.6 Å². The number of carbonyl (C=O) groups excluding carboxylic acids is 1. The lowest BCUT2D eigenvalue weighted by Crippen LogP contribution is -2.58. The Kier molecular flexibility index (Phi) is 6.49. The summed E-state index contributed by atoms with van der Waals surface area (Å²) in [7, 11) is 0. The van der Waals surface area contributed by atoms with Gasteiger partial charge >= 0.3 is 0 Å². The molecular weight excluding hydrogens is 280 g/mol. The SMILES string of the molecule is CC1CN(C(C(=O)NCC(F)(F)CN)C(C)C)CC(C)O1. The molecule has 21 heavy (non-hydrogen) atoms. The first-order chi connectivity index (χ1) is 9.66. The third-order valence-corrected chi connectivity index (χ3v) is 3.56. The maximum atomic E-state index is 13.2. The molecule has 1 heterocycles. The van der Waals surface area contributed by atoms with Gasteiger partial charge in [-0.15, -0.1) is 0 Å². The first kappa shape index (κ1) is 18.3. The van der Waals surface area contributed by atoms with E-state index in [-0.39, 0.29) is 24.0 Å². The molecule has 1 aliphatic rings. The number of hydrogen-bond acceptors (Lipinski definition) is 4. The lowest BCUT2D eigenvalue weighted by atomic mass is 9.99. The van der Waals surface area contributed by atoms with Crippen LogP contribution in [-0.2, 0) is 9.53 Å². The van der Waals surface area contributed by atoms with Gasteiger partial charge in [0.25, 0.3) is 5.92 Å². The number of hydrogen-bond donors (Lipinski definition) is 2. The van der Waals surface area contributed by atoms with Gasteiger partial charge in [0.1, 0.15) is 0 Å². The number of carbonyl (C=O) groups is 1. The fraction of sp³-hybridized carbons (Fsp3) is 0.929. The second-order valence-corrected chi connectivity index (χ2v) is 6.18. The minimum absolute atomic E-state index is 0.0216. The molecule has 0 spiro atoms. The van der Waals surface area contributed by atoms with Crippen LogP contribution in [0.15, 0.2) is 0 Å². The van der Waals surface area contributed by atoms with Crippen LogP contribution in [0.3, 0.4) is 0 Å². The van der Waals surface area contributed by atoms with Crippen LogP contribution in [0.25, 0.3) is 0 Å². The zero-order valence-corrected chi connectivity index (χ0v) is 13.2. The van der Waals surface area contributed by atoms with Gasteiger partial charge in [-0.2, -0.15) is 0 Å². The van der Waals surface area contributed by atoms with Crippen molar-refractivity contribution in [1.29, 1.82) is 0 Å². The molecule has 0 aliphatic carbocycles. The van der Waals surface area contributed by atoms with Crippen molar-refractivity contribution in [3.05, 3.63) is 0 Å². The largest absolute Gasteiger partial charge is 0.373 e. The maximum Gasteiger partial charge on any atom is 0.277 e. The normalized spacial score (nSPS) is 25.9. The maximum absolute atomic E-state index is 13.2. The highest BCUT2D eigenvalue weighted by Crippen LogP contribution is 2.19. The zero-order chi connectivity index (χ0) is 16.2. The number of nitrogens with zero attached hydrogens (tertiary/aromatic N) is 1. The Morgan fingerprint density at radius 2 is 1.90 bits per heavy atom. The molecule has 3 unspecified atom stereocenters. The molecule has 3 N–H and O–H groups in total. The van der Waals surface area contributed by atoms with Crippen molar-refractivity contribution in [3.8, 4) is 0 Å². The number of nitrogens with one attached hydrogen (secondary N) is 1. The Morgan fingerprint density at radius 1 is 1.38 bits per heavy atom. The van der Waals surface area contributed by atoms with Gasteiger partial charge in [0.15, 0.2) is 0 Å². The Balaban J connectivity index is 2.70. The quantitative estimate of drug-likeness (QED) is 0.763. The summed E-state index contributed by atoms with van der Waals surface area (Å²) in [5.74, 6) is -3.42. The molecule has 0 aromatic heterocycles. The molecule has 7 heteroatoms. The first-order valence-electron chi connectivity index (χ1n) is 7.41. The molecule has 1 rings (SSSR count). The number of nitrogens with two attached hydrogens (primary N) is 1. The molecule has 3 atom stereocenters. The summed E-state index contributed by atoms with van der Waals surface area (Å²) >= 11 is 0. The summed E-state index contributed by atoms with van der Waals surface area (Å²) in [4.78, 5) is 14.3. The molecule has 0 aromatic carbocycles. The molecule has 1 amide bonds. The fourth-order valence-electron chi connectivity index (χ4n) is 2.73. The Labute approximate surface area is 125 Å². The van der Waals surface area contributed by atoms with Crippen molar-refractivity contribution in [1.82, 2.24) is 10.2 Å². The molecule has 1 fully saturated rings. The topological polar surface area (TPSA) is 67.6 Å². The summed E-state index contributed by atoms with van der Waals surface area (Å²) in [6.07, 6.45) is 0.0431. The van der Waals surface area contributed by atoms with E-state index in [0.29, 0.717) is 13.1 Å². The molecule has 0 radical (unpaired) electrons. The van der Waals surface area contributed by atoms with Crippen molar-refractivity contribution in [2.24, 2.45) is 11.7 Å². The summed E-state index contributed by atoms with van der Waals surface area (Å²) in [6.45, 7) is 7.46. The van der Waals surface area contributed by atoms with Crippen LogP contribution in [0.2, 0.25) is 0 Å². The van der Waals surface area contributed by atoms with Gasteiger partial charge in [0.05, 0.1) is 31.3 Å². The zero-order valence-electron chi connectivity index (χ0n) is 13.2. The summed E-state index contributed by atoms with van der Waals surface area (Å²) < 4.78 is 32.0. The predicted octanol–water partition coefficient (Wildman–Crippen LogP) is 0.830. The minimum atomic E-state index is -3.07. The Morgan fingerprint density at radius 3 is 2.33 bits per heavy atom. The molecular formula is C14H27F2N3O2. The molecule has 5 nitrogen and oxygen atoms in total. The highest BCUT2D eigenvalue weighted by Gasteiger charge is 2.35. The number of ether oxygens (including phenoxy) is 1. The van der Waals surface area contributed by atoms with Gasteiger partial charge in [-0.1, -0.05) is 13.8 Å². The molecule has 1 saturated heterocycles. The number of alkyl halides is 2. The van der Waals surface area contributed by atoms with Crippen LogP contribution in [-0.4, -0.2) is 61.2 Å². The number of rotatable bonds is 6. The first-order valence-corrected chi connectivity index (χ1v) is 7.41. The number of halogens is 2. The van der Waals surface area contributed by atoms with Crippen LogP contribution in [0.5, 0.6) is 0 Å². The van der Waals surface area contributed by atoms with Crippen molar-refractivity contribution < 1.29 is 18.3 Å². The number of amides is 1. The summed E-state index contributed by atoms with van der Waals surface area (Å²) in [6, 6.07) is -0.438. The smallest absolute Gasteiger partial charge is 0.277 e. The van der Waals surface area contributed by atoms with Crippen LogP contribution in [0, 0.1) is 5.92 Å². The minimum Gasteiger partial charge on any atom is -0.373 e. The van der Waals surface area contributed by atoms with Crippen LogP contribution in [0.4, 0.5) is 8.78 Å². The van der Waals surface area contributed by atoms with E-state index in [0.717, 1.165) is 0 Å². The lowest BCUT2D eigenvalue weighted by Gasteiger charge is -2.41. The van der Waals surface area contributed by atoms with Gasteiger partial charge in [0, 0.05) is 13.1 Å². The second kappa shape index (κ2) is 7.47. The number of morpholine rings is 1. The van der Waals surface area contributed by atoms with E-state index in [4.69, 9.17) is 10.5 Å². The average Bonchev–Trinajstić information content (AvgIpc) is 2.35. The van der Waals surface area contributed by atoms with E-state index in [1.54, 1.807) is 0 Å². The van der Waals surface area contributed by atoms with Crippen molar-refractivity contribution in [2.75, 3.05) is 26.2 Å². The summed E-state index contributed by atoms with van der Waals surface area (Å²) in [5.41, 5.74) is 4.98. The van der Waals surface area contributed by atoms with Crippen molar-refractivity contribution in [3.63, 3.8) is 0 Å². The van der Waals surface area contributed by atoms with Gasteiger partial charge in [-0.05, 0) is 19.8 Å². The van der Waals surface area contributed by atoms with E-state index < -0.39 is 25.1 Å². The molecule has 0 aromatic rings. The third-order valence-electron chi connectivity index (χ3n) is 3.56. The molecule has 0 saturated carbocycles.